The van der Waals surface area contributed by atoms with Crippen LogP contribution in [-0.2, 0) is 24.0 Å². The second kappa shape index (κ2) is 7.99. The zero-order valence-corrected chi connectivity index (χ0v) is 19.6. The Balaban J connectivity index is 1.59. The molecule has 1 N–H and O–H groups in total. The third-order valence-corrected chi connectivity index (χ3v) is 9.35. The molecule has 0 bridgehead atoms. The van der Waals surface area contributed by atoms with Gasteiger partial charge in [-0.15, -0.1) is 0 Å². The summed E-state index contributed by atoms with van der Waals surface area (Å²) in [4.78, 5) is 40.4. The Morgan fingerprint density at radius 1 is 1.06 bits per heavy atom. The summed E-state index contributed by atoms with van der Waals surface area (Å²) in [6, 6.07) is 0. The lowest BCUT2D eigenvalue weighted by atomic mass is 9.46. The van der Waals surface area contributed by atoms with Crippen molar-refractivity contribution in [1.29, 1.82) is 0 Å². The highest BCUT2D eigenvalue weighted by atomic mass is 16.6. The summed E-state index contributed by atoms with van der Waals surface area (Å²) in [6.45, 7) is 7.12. The van der Waals surface area contributed by atoms with Crippen molar-refractivity contribution in [3.8, 4) is 0 Å². The van der Waals surface area contributed by atoms with Crippen molar-refractivity contribution in [3.63, 3.8) is 0 Å². The maximum Gasteiger partial charge on any atom is 0.344 e. The minimum atomic E-state index is -1.03. The van der Waals surface area contributed by atoms with Crippen molar-refractivity contribution in [2.24, 2.45) is 33.7 Å². The highest BCUT2D eigenvalue weighted by Crippen LogP contribution is 2.68. The summed E-state index contributed by atoms with van der Waals surface area (Å²) in [5.41, 5.74) is 0.999. The van der Waals surface area contributed by atoms with Crippen LogP contribution in [0, 0.1) is 28.6 Å². The second-order valence-corrected chi connectivity index (χ2v) is 10.7. The normalized spacial score (nSPS) is 41.7. The summed E-state index contributed by atoms with van der Waals surface area (Å²) in [7, 11) is 0. The van der Waals surface area contributed by atoms with E-state index in [1.807, 2.05) is 0 Å². The number of hydrogen-bond acceptors (Lipinski definition) is 6. The van der Waals surface area contributed by atoms with Crippen LogP contribution >= 0.6 is 0 Å². The number of aliphatic carboxylic acids is 1. The van der Waals surface area contributed by atoms with Gasteiger partial charge in [0.05, 0.1) is 5.71 Å². The van der Waals surface area contributed by atoms with Crippen LogP contribution in [0.2, 0.25) is 0 Å². The number of carbonyl (C=O) groups is 3. The van der Waals surface area contributed by atoms with Gasteiger partial charge in [-0.3, -0.25) is 9.59 Å². The number of Topliss-reactive ketones (excluding diaryl/α,β-unsaturated/α-hetero) is 1. The highest BCUT2D eigenvalue weighted by Gasteiger charge is 2.67. The molecule has 32 heavy (non-hydrogen) atoms. The largest absolute Gasteiger partial charge is 0.479 e. The van der Waals surface area contributed by atoms with Gasteiger partial charge in [-0.2, -0.15) is 0 Å². The number of ketones is 1. The molecule has 3 saturated carbocycles. The van der Waals surface area contributed by atoms with Gasteiger partial charge >= 0.3 is 11.9 Å². The molecule has 0 aromatic heterocycles. The molecule has 0 spiro atoms. The van der Waals surface area contributed by atoms with Crippen molar-refractivity contribution >= 4 is 23.4 Å². The van der Waals surface area contributed by atoms with E-state index in [4.69, 9.17) is 14.7 Å². The van der Waals surface area contributed by atoms with Crippen LogP contribution in [0.3, 0.4) is 0 Å². The number of oxime groups is 1. The average Bonchev–Trinajstić information content (AvgIpc) is 3.01. The average molecular weight is 446 g/mol. The molecule has 0 aromatic carbocycles. The Morgan fingerprint density at radius 2 is 1.78 bits per heavy atom. The molecule has 0 aromatic rings. The van der Waals surface area contributed by atoms with Crippen LogP contribution in [0.15, 0.2) is 16.8 Å². The van der Waals surface area contributed by atoms with E-state index in [1.54, 1.807) is 6.92 Å². The molecule has 7 heteroatoms. The van der Waals surface area contributed by atoms with Gasteiger partial charge < -0.3 is 14.7 Å². The first-order valence-electron chi connectivity index (χ1n) is 11.9. The summed E-state index contributed by atoms with van der Waals surface area (Å²) >= 11 is 0. The quantitative estimate of drug-likeness (QED) is 0.500. The topological polar surface area (TPSA) is 102 Å². The Bertz CT molecular complexity index is 893. The van der Waals surface area contributed by atoms with E-state index < -0.39 is 18.2 Å². The molecule has 7 nitrogen and oxygen atoms in total. The smallest absolute Gasteiger partial charge is 0.344 e. The molecule has 0 saturated heterocycles. The van der Waals surface area contributed by atoms with Gasteiger partial charge in [0.15, 0.2) is 11.4 Å². The summed E-state index contributed by atoms with van der Waals surface area (Å²) < 4.78 is 5.84. The van der Waals surface area contributed by atoms with E-state index >= 15 is 0 Å². The van der Waals surface area contributed by atoms with Gasteiger partial charge in [-0.1, -0.05) is 24.6 Å². The van der Waals surface area contributed by atoms with Crippen molar-refractivity contribution < 1.29 is 29.1 Å². The predicted octanol–water partition coefficient (Wildman–Crippen LogP) is 4.30. The van der Waals surface area contributed by atoms with E-state index in [0.29, 0.717) is 24.2 Å². The number of carbonyl (C=O) groups excluding carboxylic acids is 2. The number of carboxylic acids is 1. The van der Waals surface area contributed by atoms with Crippen molar-refractivity contribution in [2.75, 3.05) is 6.61 Å². The molecule has 0 aliphatic heterocycles. The minimum absolute atomic E-state index is 0.0152. The number of rotatable bonds is 5. The predicted molar refractivity (Wildman–Crippen MR) is 118 cm³/mol. The Labute approximate surface area is 189 Å². The number of nitrogens with zero attached hydrogens (tertiary/aromatic N) is 1. The number of carboxylic acid groups (broad SMARTS) is 1. The van der Waals surface area contributed by atoms with Crippen LogP contribution < -0.4 is 0 Å². The molecule has 0 radical (unpaired) electrons. The fourth-order valence-electron chi connectivity index (χ4n) is 7.87. The number of allylic oxidation sites excluding steroid dienone is 2. The van der Waals surface area contributed by atoms with Gasteiger partial charge in [-0.05, 0) is 87.5 Å². The number of esters is 1. The van der Waals surface area contributed by atoms with E-state index in [-0.39, 0.29) is 22.6 Å². The SMILES string of the molecule is CC(=O)O[C@]1(C(C)=O)CC[C@H]2[C@H]3CCC4=C/C(=N/OCC(=O)O)CC[C@]4(C)[C@H]3CC[C@@]21C. The highest BCUT2D eigenvalue weighted by molar-refractivity contribution is 5.96. The van der Waals surface area contributed by atoms with Crippen molar-refractivity contribution in [1.82, 2.24) is 0 Å². The first kappa shape index (κ1) is 23.0. The van der Waals surface area contributed by atoms with Crippen LogP contribution in [-0.4, -0.2) is 40.7 Å². The lowest BCUT2D eigenvalue weighted by Gasteiger charge is -2.59. The maximum absolute atomic E-state index is 12.8. The summed E-state index contributed by atoms with van der Waals surface area (Å²) in [6.07, 6.45) is 9.37. The van der Waals surface area contributed by atoms with E-state index in [1.165, 1.54) is 12.5 Å². The monoisotopic (exact) mass is 445 g/mol. The van der Waals surface area contributed by atoms with Gasteiger partial charge in [0, 0.05) is 12.3 Å². The minimum Gasteiger partial charge on any atom is -0.479 e. The van der Waals surface area contributed by atoms with Crippen molar-refractivity contribution in [3.05, 3.63) is 11.6 Å². The van der Waals surface area contributed by atoms with E-state index in [9.17, 15) is 14.4 Å². The van der Waals surface area contributed by atoms with Crippen LogP contribution in [0.5, 0.6) is 0 Å². The zero-order valence-electron chi connectivity index (χ0n) is 19.6. The molecule has 4 aliphatic rings. The number of ether oxygens (including phenoxy) is 1. The van der Waals surface area contributed by atoms with Gasteiger partial charge in [0.2, 0.25) is 6.61 Å². The van der Waals surface area contributed by atoms with Gasteiger partial charge in [-0.25, -0.2) is 4.79 Å². The molecule has 0 heterocycles. The second-order valence-electron chi connectivity index (χ2n) is 10.7. The molecule has 4 aliphatic carbocycles. The molecular formula is C25H35NO6. The lowest BCUT2D eigenvalue weighted by molar-refractivity contribution is -0.187. The van der Waals surface area contributed by atoms with Crippen LogP contribution in [0.1, 0.15) is 79.1 Å². The van der Waals surface area contributed by atoms with Gasteiger partial charge in [0.25, 0.3) is 0 Å². The molecule has 3 fully saturated rings. The van der Waals surface area contributed by atoms with E-state index in [2.05, 4.69) is 25.1 Å². The molecule has 176 valence electrons. The molecule has 0 amide bonds. The van der Waals surface area contributed by atoms with Crippen molar-refractivity contribution in [2.45, 2.75) is 84.7 Å². The molecular weight excluding hydrogens is 410 g/mol. The maximum atomic E-state index is 12.8. The first-order chi connectivity index (χ1) is 15.0. The van der Waals surface area contributed by atoms with Crippen LogP contribution in [0.25, 0.3) is 0 Å². The fraction of sp³-hybridized carbons (Fsp3) is 0.760. The standard InChI is InChI=1S/C25H35NO6/c1-15(27)25(32-16(2)28)12-9-21-19-6-5-17-13-18(26-31-14-22(29)30)7-10-23(17,3)20(19)8-11-24(21,25)4/h13,19-21H,5-12,14H2,1-4H3,(H,29,30)/b26-18+/t19-,20-,21-,23-,24-,25-/m0/s1. The fourth-order valence-corrected chi connectivity index (χ4v) is 7.87. The van der Waals surface area contributed by atoms with E-state index in [0.717, 1.165) is 50.7 Å². The summed E-state index contributed by atoms with van der Waals surface area (Å²) in [5.74, 6) is 0.00154. The zero-order chi connectivity index (χ0) is 23.3. The number of hydrogen-bond donors (Lipinski definition) is 1. The Morgan fingerprint density at radius 3 is 2.44 bits per heavy atom. The molecule has 4 rings (SSSR count). The van der Waals surface area contributed by atoms with Gasteiger partial charge in [0.1, 0.15) is 0 Å². The lowest BCUT2D eigenvalue weighted by Crippen LogP contribution is -2.58. The number of fused-ring (bicyclic) bond motifs is 5. The Hall–Kier alpha value is -2.18. The summed E-state index contributed by atoms with van der Waals surface area (Å²) in [5, 5.41) is 12.8. The first-order valence-corrected chi connectivity index (χ1v) is 11.9. The Kier molecular flexibility index (Phi) is 5.74. The third-order valence-electron chi connectivity index (χ3n) is 9.35. The third kappa shape index (κ3) is 3.39. The molecule has 6 atom stereocenters. The van der Waals surface area contributed by atoms with Crippen LogP contribution in [0.4, 0.5) is 0 Å². The molecule has 0 unspecified atom stereocenters.